The summed E-state index contributed by atoms with van der Waals surface area (Å²) < 4.78 is 0. The average molecular weight is 197 g/mol. The number of hydrogen-bond donors (Lipinski definition) is 3. The minimum Gasteiger partial charge on any atom is -0.338 e. The number of piperidine rings is 1. The fourth-order valence-corrected chi connectivity index (χ4v) is 1.80. The zero-order valence-corrected chi connectivity index (χ0v) is 8.51. The predicted octanol–water partition coefficient (Wildman–Crippen LogP) is 0.448. The third kappa shape index (κ3) is 3.18. The number of nitrogens with one attached hydrogen (secondary N) is 3. The summed E-state index contributed by atoms with van der Waals surface area (Å²) in [5.41, 5.74) is 0. The van der Waals surface area contributed by atoms with Gasteiger partial charge < -0.3 is 16.0 Å². The first-order chi connectivity index (χ1) is 6.84. The van der Waals surface area contributed by atoms with Gasteiger partial charge in [0.1, 0.15) is 0 Å². The highest BCUT2D eigenvalue weighted by Crippen LogP contribution is 2.18. The molecule has 2 aliphatic rings. The molecule has 0 radical (unpaired) electrons. The third-order valence-electron chi connectivity index (χ3n) is 2.86. The Balaban J connectivity index is 1.57. The Kier molecular flexibility index (Phi) is 3.24. The van der Waals surface area contributed by atoms with Gasteiger partial charge in [0, 0.05) is 12.6 Å². The van der Waals surface area contributed by atoms with Gasteiger partial charge in [0.05, 0.1) is 0 Å². The second-order valence-corrected chi connectivity index (χ2v) is 4.34. The third-order valence-corrected chi connectivity index (χ3v) is 2.86. The number of rotatable bonds is 3. The van der Waals surface area contributed by atoms with Crippen LogP contribution in [0.3, 0.4) is 0 Å². The zero-order valence-electron chi connectivity index (χ0n) is 8.51. The number of hydrogen-bond acceptors (Lipinski definition) is 2. The van der Waals surface area contributed by atoms with E-state index in [4.69, 9.17) is 0 Å². The molecule has 3 N–H and O–H groups in total. The van der Waals surface area contributed by atoms with Crippen molar-refractivity contribution in [3.05, 3.63) is 0 Å². The smallest absolute Gasteiger partial charge is 0.315 e. The van der Waals surface area contributed by atoms with E-state index in [0.717, 1.165) is 32.5 Å². The molecule has 0 spiro atoms. The second-order valence-electron chi connectivity index (χ2n) is 4.34. The Morgan fingerprint density at radius 1 is 1.36 bits per heavy atom. The maximum atomic E-state index is 11.3. The average Bonchev–Trinajstić information content (AvgIpc) is 3.00. The summed E-state index contributed by atoms with van der Waals surface area (Å²) in [6, 6.07) is 0.470. The van der Waals surface area contributed by atoms with E-state index < -0.39 is 0 Å². The summed E-state index contributed by atoms with van der Waals surface area (Å²) >= 11 is 0. The molecule has 1 saturated carbocycles. The van der Waals surface area contributed by atoms with Crippen molar-refractivity contribution in [3.63, 3.8) is 0 Å². The summed E-state index contributed by atoms with van der Waals surface area (Å²) in [4.78, 5) is 11.3. The van der Waals surface area contributed by atoms with Crippen LogP contribution in [0.5, 0.6) is 0 Å². The Hall–Kier alpha value is -0.770. The van der Waals surface area contributed by atoms with Crippen molar-refractivity contribution in [2.45, 2.75) is 31.7 Å². The van der Waals surface area contributed by atoms with Gasteiger partial charge in [0.25, 0.3) is 0 Å². The molecule has 0 aromatic carbocycles. The number of urea groups is 1. The molecule has 0 unspecified atom stereocenters. The van der Waals surface area contributed by atoms with Gasteiger partial charge >= 0.3 is 6.03 Å². The van der Waals surface area contributed by atoms with Gasteiger partial charge in [-0.05, 0) is 44.7 Å². The van der Waals surface area contributed by atoms with Gasteiger partial charge in [-0.25, -0.2) is 4.79 Å². The molecule has 1 saturated heterocycles. The van der Waals surface area contributed by atoms with E-state index in [2.05, 4.69) is 16.0 Å². The Morgan fingerprint density at radius 3 is 2.86 bits per heavy atom. The summed E-state index contributed by atoms with van der Waals surface area (Å²) in [6.07, 6.45) is 4.77. The van der Waals surface area contributed by atoms with Crippen LogP contribution in [0.1, 0.15) is 25.7 Å². The Labute approximate surface area is 84.8 Å². The second kappa shape index (κ2) is 4.64. The van der Waals surface area contributed by atoms with Gasteiger partial charge in [0.2, 0.25) is 0 Å². The van der Waals surface area contributed by atoms with Gasteiger partial charge in [-0.15, -0.1) is 0 Å². The molecule has 1 atom stereocenters. The molecule has 0 aromatic heterocycles. The van der Waals surface area contributed by atoms with Crippen molar-refractivity contribution in [2.24, 2.45) is 5.92 Å². The van der Waals surface area contributed by atoms with Crippen LogP contribution in [0.4, 0.5) is 4.79 Å². The molecule has 1 heterocycles. The highest BCUT2D eigenvalue weighted by molar-refractivity contribution is 5.74. The standard InChI is InChI=1S/C10H19N3O/c14-10(13-9-3-4-9)12-7-8-2-1-5-11-6-8/h8-9,11H,1-7H2,(H2,12,13,14)/t8-/m0/s1. The molecular weight excluding hydrogens is 178 g/mol. The maximum absolute atomic E-state index is 11.3. The lowest BCUT2D eigenvalue weighted by Gasteiger charge is -2.22. The van der Waals surface area contributed by atoms with Crippen LogP contribution in [0.25, 0.3) is 0 Å². The monoisotopic (exact) mass is 197 g/mol. The van der Waals surface area contributed by atoms with Crippen LogP contribution in [-0.2, 0) is 0 Å². The van der Waals surface area contributed by atoms with Crippen molar-refractivity contribution in [2.75, 3.05) is 19.6 Å². The van der Waals surface area contributed by atoms with E-state index >= 15 is 0 Å². The topological polar surface area (TPSA) is 53.2 Å². The first-order valence-corrected chi connectivity index (χ1v) is 5.59. The molecule has 4 nitrogen and oxygen atoms in total. The van der Waals surface area contributed by atoms with E-state index in [1.54, 1.807) is 0 Å². The van der Waals surface area contributed by atoms with Crippen LogP contribution < -0.4 is 16.0 Å². The largest absolute Gasteiger partial charge is 0.338 e. The number of carbonyl (C=O) groups is 1. The fourth-order valence-electron chi connectivity index (χ4n) is 1.80. The van der Waals surface area contributed by atoms with E-state index in [-0.39, 0.29) is 6.03 Å². The zero-order chi connectivity index (χ0) is 9.80. The Bertz CT molecular complexity index is 198. The van der Waals surface area contributed by atoms with Crippen LogP contribution in [-0.4, -0.2) is 31.7 Å². The molecule has 0 bridgehead atoms. The van der Waals surface area contributed by atoms with Crippen LogP contribution in [0.2, 0.25) is 0 Å². The van der Waals surface area contributed by atoms with Crippen LogP contribution in [0, 0.1) is 5.92 Å². The number of amides is 2. The van der Waals surface area contributed by atoms with E-state index in [1.807, 2.05) is 0 Å². The van der Waals surface area contributed by atoms with Crippen molar-refractivity contribution >= 4 is 6.03 Å². The molecule has 1 aliphatic heterocycles. The first-order valence-electron chi connectivity index (χ1n) is 5.59. The highest BCUT2D eigenvalue weighted by atomic mass is 16.2. The molecule has 2 fully saturated rings. The van der Waals surface area contributed by atoms with Gasteiger partial charge in [-0.1, -0.05) is 0 Å². The lowest BCUT2D eigenvalue weighted by atomic mass is 10.00. The molecule has 4 heteroatoms. The van der Waals surface area contributed by atoms with Crippen molar-refractivity contribution in [1.29, 1.82) is 0 Å². The lowest BCUT2D eigenvalue weighted by molar-refractivity contribution is 0.236. The quantitative estimate of drug-likeness (QED) is 0.615. The lowest BCUT2D eigenvalue weighted by Crippen LogP contribution is -2.42. The van der Waals surface area contributed by atoms with Crippen molar-refractivity contribution in [3.8, 4) is 0 Å². The minimum atomic E-state index is 0.0121. The maximum Gasteiger partial charge on any atom is 0.315 e. The molecular formula is C10H19N3O. The van der Waals surface area contributed by atoms with E-state index in [1.165, 1.54) is 12.8 Å². The SMILES string of the molecule is O=C(NC[C@H]1CCCNC1)NC1CC1. The van der Waals surface area contributed by atoms with E-state index in [9.17, 15) is 4.79 Å². The fraction of sp³-hybridized carbons (Fsp3) is 0.900. The van der Waals surface area contributed by atoms with Crippen LogP contribution >= 0.6 is 0 Å². The minimum absolute atomic E-state index is 0.0121. The summed E-state index contributed by atoms with van der Waals surface area (Å²) in [5, 5.41) is 9.20. The first kappa shape index (κ1) is 9.77. The molecule has 80 valence electrons. The number of carbonyl (C=O) groups excluding carboxylic acids is 1. The normalized spacial score (nSPS) is 27.0. The summed E-state index contributed by atoms with van der Waals surface area (Å²) in [6.45, 7) is 2.99. The molecule has 1 aliphatic carbocycles. The van der Waals surface area contributed by atoms with Crippen molar-refractivity contribution < 1.29 is 4.79 Å². The van der Waals surface area contributed by atoms with Gasteiger partial charge in [-0.2, -0.15) is 0 Å². The van der Waals surface area contributed by atoms with Crippen molar-refractivity contribution in [1.82, 2.24) is 16.0 Å². The molecule has 14 heavy (non-hydrogen) atoms. The summed E-state index contributed by atoms with van der Waals surface area (Å²) in [5.74, 6) is 0.619. The molecule has 2 amide bonds. The summed E-state index contributed by atoms with van der Waals surface area (Å²) in [7, 11) is 0. The van der Waals surface area contributed by atoms with Gasteiger partial charge in [-0.3, -0.25) is 0 Å². The van der Waals surface area contributed by atoms with Gasteiger partial charge in [0.15, 0.2) is 0 Å². The Morgan fingerprint density at radius 2 is 2.21 bits per heavy atom. The predicted molar refractivity (Wildman–Crippen MR) is 55.2 cm³/mol. The highest BCUT2D eigenvalue weighted by Gasteiger charge is 2.23. The van der Waals surface area contributed by atoms with E-state index in [0.29, 0.717) is 12.0 Å². The molecule has 2 rings (SSSR count). The van der Waals surface area contributed by atoms with Crippen LogP contribution in [0.15, 0.2) is 0 Å². The molecule has 0 aromatic rings.